The second-order valence-corrected chi connectivity index (χ2v) is 29.2. The highest BCUT2D eigenvalue weighted by molar-refractivity contribution is 9.10. The zero-order valence-electron chi connectivity index (χ0n) is 58.4. The van der Waals surface area contributed by atoms with E-state index in [4.69, 9.17) is 58.5 Å². The van der Waals surface area contributed by atoms with E-state index in [0.29, 0.717) is 71.2 Å². The van der Waals surface area contributed by atoms with Gasteiger partial charge in [0.05, 0.1) is 60.0 Å². The van der Waals surface area contributed by atoms with Gasteiger partial charge in [-0.1, -0.05) is 83.3 Å². The van der Waals surface area contributed by atoms with Gasteiger partial charge < -0.3 is 53.9 Å². The molecule has 5 saturated heterocycles. The van der Waals surface area contributed by atoms with Crippen LogP contribution in [0.1, 0.15) is 96.4 Å². The topological polar surface area (TPSA) is 186 Å². The predicted octanol–water partition coefficient (Wildman–Crippen LogP) is 15.1. The molecule has 6 aromatic heterocycles. The third-order valence-electron chi connectivity index (χ3n) is 20.6. The second kappa shape index (κ2) is 31.9. The highest BCUT2D eigenvalue weighted by Crippen LogP contribution is 2.40. The standard InChI is InChI=1S/C33H37ClN4O3.C23H26ClN5O2.C22H23BrClN3O3/c1-22(24-9-13-29(40-3)14-10-24)37-20-26(18-32(37)39)23(2)41-31-17-27(21-38-33(31)30(34)19-35-38)25-7-11-28(12-8-25)36-15-5-4-6-16-36;1-15(17-11-22(30)26-12-17)31-21-10-18(14-29-23(21)20(24)13-27-29)16-2-4-19(5-3-16)28-8-6-25-7-9-28;1-13(15-4-6-18(29-3)7-5-15)26-11-16(8-21(26)28)14(2)30-20-9-17(23)12-27-22(20)19(24)10-25-27/h7-14,17,19,21-23,26H,4-6,15-16,18,20H2,1-3H3;2-5,10,13-15,17,25H,6-9,11-12H2,1H3,(H,26,30);4-7,9-10,12-14,16H,8,11H2,1-3H3/t22-,23-,26-;15-,17-;13-,14-,16-/m111/s1. The van der Waals surface area contributed by atoms with Crippen molar-refractivity contribution in [2.45, 2.75) is 104 Å². The number of pyridine rings is 3. The van der Waals surface area contributed by atoms with Crippen LogP contribution in [0.25, 0.3) is 38.8 Å². The summed E-state index contributed by atoms with van der Waals surface area (Å²) in [7, 11) is 3.30. The van der Waals surface area contributed by atoms with Crippen molar-refractivity contribution >= 4 is 96.4 Å². The van der Waals surface area contributed by atoms with Crippen molar-refractivity contribution in [2.24, 2.45) is 17.8 Å². The maximum atomic E-state index is 13.1. The summed E-state index contributed by atoms with van der Waals surface area (Å²) < 4.78 is 35.8. The molecule has 24 heteroatoms. The predicted molar refractivity (Wildman–Crippen MR) is 404 cm³/mol. The number of methoxy groups -OCH3 is 2. The number of ether oxygens (including phenoxy) is 5. The molecule has 10 aromatic rings. The average Bonchev–Trinajstić information content (AvgIpc) is 1.56. The van der Waals surface area contributed by atoms with Gasteiger partial charge in [-0.2, -0.15) is 15.3 Å². The van der Waals surface area contributed by atoms with Crippen LogP contribution in [0.3, 0.4) is 0 Å². The molecule has 2 N–H and O–H groups in total. The molecule has 11 heterocycles. The number of carbonyl (C=O) groups is 3. The number of aromatic nitrogens is 6. The summed E-state index contributed by atoms with van der Waals surface area (Å²) in [5, 5.41) is 21.0. The minimum Gasteiger partial charge on any atom is -0.497 e. The Kier molecular flexibility index (Phi) is 22.4. The van der Waals surface area contributed by atoms with E-state index < -0.39 is 0 Å². The molecule has 0 radical (unpaired) electrons. The summed E-state index contributed by atoms with van der Waals surface area (Å²) in [5.74, 6) is 4.23. The smallest absolute Gasteiger partial charge is 0.223 e. The molecule has 0 unspecified atom stereocenters. The molecular formula is C78H86BrCl3N12O8. The number of hydrogen-bond acceptors (Lipinski definition) is 14. The van der Waals surface area contributed by atoms with Crippen molar-refractivity contribution in [1.82, 2.24) is 49.3 Å². The van der Waals surface area contributed by atoms with Crippen LogP contribution in [0, 0.1) is 17.8 Å². The van der Waals surface area contributed by atoms with Gasteiger partial charge >= 0.3 is 0 Å². The van der Waals surface area contributed by atoms with Crippen molar-refractivity contribution in [3.63, 3.8) is 0 Å². The largest absolute Gasteiger partial charge is 0.497 e. The third kappa shape index (κ3) is 16.0. The number of carbonyl (C=O) groups excluding carboxylic acids is 3. The number of nitrogens with zero attached hydrogens (tertiary/aromatic N) is 10. The monoisotopic (exact) mass is 1500 g/mol. The van der Waals surface area contributed by atoms with Gasteiger partial charge in [-0.25, -0.2) is 13.5 Å². The number of nitrogens with one attached hydrogen (secondary N) is 2. The van der Waals surface area contributed by atoms with Crippen LogP contribution < -0.4 is 44.1 Å². The van der Waals surface area contributed by atoms with E-state index in [-0.39, 0.29) is 65.9 Å². The minimum absolute atomic E-state index is 0.0116. The Morgan fingerprint density at radius 3 is 1.29 bits per heavy atom. The quantitative estimate of drug-likeness (QED) is 0.0778. The number of piperidine rings is 1. The Morgan fingerprint density at radius 1 is 0.480 bits per heavy atom. The molecule has 8 atom stereocenters. The van der Waals surface area contributed by atoms with Crippen molar-refractivity contribution in [2.75, 3.05) is 82.9 Å². The van der Waals surface area contributed by atoms with Crippen LogP contribution in [0.2, 0.25) is 15.1 Å². The zero-order chi connectivity index (χ0) is 71.3. The molecule has 4 aromatic carbocycles. The summed E-state index contributed by atoms with van der Waals surface area (Å²) in [5.41, 5.74) is 11.0. The third-order valence-corrected chi connectivity index (χ3v) is 21.9. The Hall–Kier alpha value is -8.73. The normalized spacial score (nSPS) is 19.2. The van der Waals surface area contributed by atoms with Gasteiger partial charge in [0.2, 0.25) is 17.7 Å². The number of hydrogen-bond donors (Lipinski definition) is 2. The molecule has 5 aliphatic heterocycles. The molecule has 0 spiro atoms. The highest BCUT2D eigenvalue weighted by Gasteiger charge is 2.39. The molecule has 534 valence electrons. The van der Waals surface area contributed by atoms with Crippen LogP contribution in [-0.2, 0) is 14.4 Å². The number of fused-ring (bicyclic) bond motifs is 3. The molecule has 5 aliphatic rings. The molecule has 15 rings (SSSR count). The molecule has 3 amide bonds. The summed E-state index contributed by atoms with van der Waals surface area (Å²) in [4.78, 5) is 46.2. The molecule has 0 aliphatic carbocycles. The van der Waals surface area contributed by atoms with Gasteiger partial charge in [0.1, 0.15) is 63.6 Å². The second-order valence-electron chi connectivity index (χ2n) is 27.1. The van der Waals surface area contributed by atoms with Crippen LogP contribution >= 0.6 is 50.7 Å². The number of piperazine rings is 1. The summed E-state index contributed by atoms with van der Waals surface area (Å²) >= 11 is 22.8. The molecule has 102 heavy (non-hydrogen) atoms. The fourth-order valence-electron chi connectivity index (χ4n) is 14.4. The highest BCUT2D eigenvalue weighted by atomic mass is 79.9. The molecule has 20 nitrogen and oxygen atoms in total. The number of rotatable bonds is 19. The molecule has 5 fully saturated rings. The lowest BCUT2D eigenvalue weighted by molar-refractivity contribution is -0.130. The van der Waals surface area contributed by atoms with Crippen molar-refractivity contribution < 1.29 is 38.1 Å². The van der Waals surface area contributed by atoms with Gasteiger partial charge in [0.15, 0.2) is 0 Å². The maximum Gasteiger partial charge on any atom is 0.223 e. The summed E-state index contributed by atoms with van der Waals surface area (Å²) in [6.45, 7) is 18.4. The van der Waals surface area contributed by atoms with E-state index in [1.54, 1.807) is 46.4 Å². The van der Waals surface area contributed by atoms with Gasteiger partial charge in [0, 0.05) is 141 Å². The lowest BCUT2D eigenvalue weighted by Crippen LogP contribution is -2.43. The molecular weight excluding hydrogens is 1420 g/mol. The van der Waals surface area contributed by atoms with Crippen molar-refractivity contribution in [3.05, 3.63) is 183 Å². The van der Waals surface area contributed by atoms with Crippen LogP contribution in [0.5, 0.6) is 28.7 Å². The first kappa shape index (κ1) is 71.7. The summed E-state index contributed by atoms with van der Waals surface area (Å²) in [6, 6.07) is 39.0. The molecule has 0 saturated carbocycles. The first-order valence-electron chi connectivity index (χ1n) is 35.1. The van der Waals surface area contributed by atoms with Gasteiger partial charge in [0.25, 0.3) is 0 Å². The first-order chi connectivity index (χ1) is 49.4. The van der Waals surface area contributed by atoms with Crippen LogP contribution in [0.15, 0.2) is 157 Å². The van der Waals surface area contributed by atoms with Crippen LogP contribution in [0.4, 0.5) is 11.4 Å². The summed E-state index contributed by atoms with van der Waals surface area (Å²) in [6.07, 6.45) is 15.4. The van der Waals surface area contributed by atoms with Gasteiger partial charge in [-0.3, -0.25) is 14.4 Å². The van der Waals surface area contributed by atoms with E-state index >= 15 is 0 Å². The Morgan fingerprint density at radius 2 is 0.882 bits per heavy atom. The van der Waals surface area contributed by atoms with E-state index in [2.05, 4.69) is 114 Å². The van der Waals surface area contributed by atoms with E-state index in [1.807, 2.05) is 116 Å². The zero-order valence-corrected chi connectivity index (χ0v) is 62.3. The van der Waals surface area contributed by atoms with E-state index in [0.717, 1.165) is 105 Å². The minimum atomic E-state index is -0.196. The fourth-order valence-corrected chi connectivity index (χ4v) is 15.4. The van der Waals surface area contributed by atoms with Crippen molar-refractivity contribution in [1.29, 1.82) is 0 Å². The number of halogens is 4. The van der Waals surface area contributed by atoms with Crippen molar-refractivity contribution in [3.8, 4) is 51.0 Å². The van der Waals surface area contributed by atoms with E-state index in [9.17, 15) is 14.4 Å². The maximum absolute atomic E-state index is 13.1. The Balaban J connectivity index is 0.000000139. The number of benzene rings is 4. The Labute approximate surface area is 618 Å². The van der Waals surface area contributed by atoms with Crippen LogP contribution in [-0.4, -0.2) is 148 Å². The number of likely N-dealkylation sites (tertiary alicyclic amines) is 2. The lowest BCUT2D eigenvalue weighted by Gasteiger charge is -2.29. The number of anilines is 2. The molecule has 0 bridgehead atoms. The SMILES string of the molecule is COc1ccc([C@@H](C)N2C[C@H]([C@@H](C)Oc3cc(-c4ccc(N5CCCCC5)cc4)cn4ncc(Cl)c34)CC2=O)cc1.COc1ccc([C@@H](C)N2C[C@H]([C@@H](C)Oc3cc(Br)cn4ncc(Cl)c34)CC2=O)cc1.C[C@@H](Oc1cc(-c2ccc(N3CCNCC3)cc2)cn2ncc(Cl)c12)[C@H]1CNC(=O)C1. The van der Waals surface area contributed by atoms with Gasteiger partial charge in [-0.15, -0.1) is 0 Å². The number of amides is 3. The first-order valence-corrected chi connectivity index (χ1v) is 37.0. The average molecular weight is 1510 g/mol. The van der Waals surface area contributed by atoms with Gasteiger partial charge in [-0.05, 0) is 159 Å². The van der Waals surface area contributed by atoms with E-state index in [1.165, 1.54) is 30.6 Å². The Bertz CT molecular complexity index is 4580. The lowest BCUT2D eigenvalue weighted by atomic mass is 10.0. The fraction of sp³-hybridized carbons (Fsp3) is 0.385.